The van der Waals surface area contributed by atoms with Crippen LogP contribution in [0.15, 0.2) is 36.8 Å². The van der Waals surface area contributed by atoms with Crippen molar-refractivity contribution in [1.82, 2.24) is 9.97 Å². The fraction of sp³-hybridized carbons (Fsp3) is 0.593. The minimum Gasteiger partial charge on any atom is -0.426 e. The number of carbonyl (C=O) groups is 1. The molecule has 4 heteroatoms. The molecule has 1 aromatic heterocycles. The molecule has 0 aliphatic heterocycles. The molecular weight excluding hydrogens is 384 g/mol. The predicted molar refractivity (Wildman–Crippen MR) is 128 cm³/mol. The lowest BCUT2D eigenvalue weighted by Gasteiger charge is -2.13. The number of aryl methyl sites for hydroxylation is 1. The number of aromatic nitrogens is 2. The lowest BCUT2D eigenvalue weighted by Crippen LogP contribution is -2.09. The lowest BCUT2D eigenvalue weighted by molar-refractivity contribution is -0.134. The van der Waals surface area contributed by atoms with Gasteiger partial charge in [0.2, 0.25) is 0 Å². The van der Waals surface area contributed by atoms with Gasteiger partial charge in [-0.15, -0.1) is 0 Å². The van der Waals surface area contributed by atoms with Gasteiger partial charge in [-0.1, -0.05) is 90.2 Å². The Kier molecular flexibility index (Phi) is 12.6. The molecule has 0 saturated heterocycles. The average Bonchev–Trinajstić information content (AvgIpc) is 2.79. The third kappa shape index (κ3) is 9.63. The summed E-state index contributed by atoms with van der Waals surface area (Å²) in [6, 6.07) is 7.73. The van der Waals surface area contributed by atoms with Gasteiger partial charge in [0.25, 0.3) is 0 Å². The summed E-state index contributed by atoms with van der Waals surface area (Å²) in [5.41, 5.74) is 2.88. The predicted octanol–water partition coefficient (Wildman–Crippen LogP) is 7.70. The van der Waals surface area contributed by atoms with Gasteiger partial charge in [-0.2, -0.15) is 0 Å². The van der Waals surface area contributed by atoms with E-state index >= 15 is 0 Å². The number of hydrogen-bond acceptors (Lipinski definition) is 4. The molecule has 0 atom stereocenters. The van der Waals surface area contributed by atoms with E-state index in [1.807, 2.05) is 30.5 Å². The fourth-order valence-electron chi connectivity index (χ4n) is 3.85. The summed E-state index contributed by atoms with van der Waals surface area (Å²) in [4.78, 5) is 21.2. The van der Waals surface area contributed by atoms with Gasteiger partial charge >= 0.3 is 5.97 Å². The highest BCUT2D eigenvalue weighted by molar-refractivity contribution is 5.77. The van der Waals surface area contributed by atoms with Crippen LogP contribution in [-0.4, -0.2) is 15.9 Å². The van der Waals surface area contributed by atoms with Crippen LogP contribution in [-0.2, 0) is 11.2 Å². The quantitative estimate of drug-likeness (QED) is 0.157. The van der Waals surface area contributed by atoms with Crippen LogP contribution < -0.4 is 4.74 Å². The van der Waals surface area contributed by atoms with Crippen molar-refractivity contribution < 1.29 is 9.53 Å². The number of rotatable bonds is 16. The van der Waals surface area contributed by atoms with Crippen molar-refractivity contribution >= 4 is 5.97 Å². The van der Waals surface area contributed by atoms with E-state index in [4.69, 9.17) is 4.74 Å². The van der Waals surface area contributed by atoms with Crippen molar-refractivity contribution in [3.8, 4) is 17.0 Å². The smallest absolute Gasteiger partial charge is 0.311 e. The minimum atomic E-state index is -0.158. The maximum Gasteiger partial charge on any atom is 0.311 e. The Morgan fingerprint density at radius 3 is 2.23 bits per heavy atom. The van der Waals surface area contributed by atoms with E-state index in [0.717, 1.165) is 42.5 Å². The SMILES string of the molecule is CCCCCCCCC(=O)Oc1ccccc1-c1ncncc1CCCCCCCC. The second-order valence-corrected chi connectivity index (χ2v) is 8.40. The van der Waals surface area contributed by atoms with E-state index in [1.165, 1.54) is 57.8 Å². The molecule has 1 heterocycles. The van der Waals surface area contributed by atoms with Gasteiger partial charge in [0, 0.05) is 18.2 Å². The number of nitrogens with zero attached hydrogens (tertiary/aromatic N) is 2. The van der Waals surface area contributed by atoms with E-state index in [1.54, 1.807) is 6.33 Å². The average molecular weight is 425 g/mol. The van der Waals surface area contributed by atoms with E-state index in [-0.39, 0.29) is 5.97 Å². The van der Waals surface area contributed by atoms with Crippen LogP contribution >= 0.6 is 0 Å². The molecule has 0 amide bonds. The Hall–Kier alpha value is -2.23. The highest BCUT2D eigenvalue weighted by Gasteiger charge is 2.14. The summed E-state index contributed by atoms with van der Waals surface area (Å²) in [6.07, 6.45) is 19.4. The van der Waals surface area contributed by atoms with Crippen molar-refractivity contribution in [2.24, 2.45) is 0 Å². The number of esters is 1. The molecule has 0 radical (unpaired) electrons. The number of ether oxygens (including phenoxy) is 1. The summed E-state index contributed by atoms with van der Waals surface area (Å²) in [7, 11) is 0. The van der Waals surface area contributed by atoms with Crippen LogP contribution in [0.3, 0.4) is 0 Å². The Labute approximate surface area is 188 Å². The zero-order valence-electron chi connectivity index (χ0n) is 19.6. The molecule has 0 spiro atoms. The molecule has 4 nitrogen and oxygen atoms in total. The molecule has 31 heavy (non-hydrogen) atoms. The van der Waals surface area contributed by atoms with Crippen molar-refractivity contribution in [2.45, 2.75) is 104 Å². The number of unbranched alkanes of at least 4 members (excludes halogenated alkanes) is 10. The Morgan fingerprint density at radius 1 is 0.839 bits per heavy atom. The number of carbonyl (C=O) groups excluding carboxylic acids is 1. The van der Waals surface area contributed by atoms with E-state index in [9.17, 15) is 4.79 Å². The summed E-state index contributed by atoms with van der Waals surface area (Å²) in [6.45, 7) is 4.46. The first-order chi connectivity index (χ1) is 15.3. The van der Waals surface area contributed by atoms with Gasteiger partial charge < -0.3 is 4.74 Å². The monoisotopic (exact) mass is 424 g/mol. The highest BCUT2D eigenvalue weighted by atomic mass is 16.5. The molecule has 2 rings (SSSR count). The third-order valence-corrected chi connectivity index (χ3v) is 5.69. The minimum absolute atomic E-state index is 0.158. The maximum atomic E-state index is 12.4. The molecule has 0 unspecified atom stereocenters. The van der Waals surface area contributed by atoms with Crippen molar-refractivity contribution in [2.75, 3.05) is 0 Å². The molecular formula is C27H40N2O2. The second kappa shape index (κ2) is 15.6. The van der Waals surface area contributed by atoms with E-state index in [2.05, 4.69) is 23.8 Å². The molecule has 0 bridgehead atoms. The Bertz CT molecular complexity index is 760. The van der Waals surface area contributed by atoms with Gasteiger partial charge in [0.05, 0.1) is 5.69 Å². The van der Waals surface area contributed by atoms with Crippen molar-refractivity contribution in [3.05, 3.63) is 42.4 Å². The van der Waals surface area contributed by atoms with Gasteiger partial charge in [-0.05, 0) is 37.0 Å². The van der Waals surface area contributed by atoms with Crippen LogP contribution in [0.4, 0.5) is 0 Å². The van der Waals surface area contributed by atoms with Gasteiger partial charge in [0.1, 0.15) is 12.1 Å². The molecule has 0 N–H and O–H groups in total. The Balaban J connectivity index is 1.94. The fourth-order valence-corrected chi connectivity index (χ4v) is 3.85. The zero-order chi connectivity index (χ0) is 22.2. The number of hydrogen-bond donors (Lipinski definition) is 0. The first-order valence-corrected chi connectivity index (χ1v) is 12.3. The molecule has 170 valence electrons. The normalized spacial score (nSPS) is 10.9. The first kappa shape index (κ1) is 25.0. The summed E-state index contributed by atoms with van der Waals surface area (Å²) in [5.74, 6) is 0.441. The molecule has 0 fully saturated rings. The second-order valence-electron chi connectivity index (χ2n) is 8.40. The van der Waals surface area contributed by atoms with Gasteiger partial charge in [-0.3, -0.25) is 4.79 Å². The van der Waals surface area contributed by atoms with Crippen molar-refractivity contribution in [1.29, 1.82) is 0 Å². The standard InChI is InChI=1S/C27H40N2O2/c1-3-5-7-9-11-13-17-23-21-28-22-29-27(23)24-18-15-16-19-25(24)31-26(30)20-14-12-10-8-6-4-2/h15-16,18-19,21-22H,3-14,17,20H2,1-2H3. The summed E-state index contributed by atoms with van der Waals surface area (Å²) in [5, 5.41) is 0. The van der Waals surface area contributed by atoms with Crippen LogP contribution in [0.2, 0.25) is 0 Å². The highest BCUT2D eigenvalue weighted by Crippen LogP contribution is 2.31. The van der Waals surface area contributed by atoms with Crippen molar-refractivity contribution in [3.63, 3.8) is 0 Å². The molecule has 0 aliphatic rings. The largest absolute Gasteiger partial charge is 0.426 e. The van der Waals surface area contributed by atoms with E-state index < -0.39 is 0 Å². The third-order valence-electron chi connectivity index (χ3n) is 5.69. The number of para-hydroxylation sites is 1. The Morgan fingerprint density at radius 2 is 1.48 bits per heavy atom. The van der Waals surface area contributed by atoms with Crippen LogP contribution in [0.25, 0.3) is 11.3 Å². The molecule has 1 aromatic carbocycles. The van der Waals surface area contributed by atoms with Gasteiger partial charge in [-0.25, -0.2) is 9.97 Å². The van der Waals surface area contributed by atoms with Crippen LogP contribution in [0.1, 0.15) is 103 Å². The topological polar surface area (TPSA) is 52.1 Å². The summed E-state index contributed by atoms with van der Waals surface area (Å²) < 4.78 is 5.75. The van der Waals surface area contributed by atoms with Crippen LogP contribution in [0, 0.1) is 0 Å². The number of benzene rings is 1. The zero-order valence-corrected chi connectivity index (χ0v) is 19.6. The van der Waals surface area contributed by atoms with Crippen LogP contribution in [0.5, 0.6) is 5.75 Å². The first-order valence-electron chi connectivity index (χ1n) is 12.3. The summed E-state index contributed by atoms with van der Waals surface area (Å²) >= 11 is 0. The lowest BCUT2D eigenvalue weighted by atomic mass is 10.0. The van der Waals surface area contributed by atoms with E-state index in [0.29, 0.717) is 12.2 Å². The molecule has 2 aromatic rings. The molecule has 0 aliphatic carbocycles. The molecule has 0 saturated carbocycles. The maximum absolute atomic E-state index is 12.4. The van der Waals surface area contributed by atoms with Gasteiger partial charge in [0.15, 0.2) is 0 Å².